The van der Waals surface area contributed by atoms with Crippen molar-refractivity contribution in [1.29, 1.82) is 0 Å². The average Bonchev–Trinajstić information content (AvgIpc) is 2.95. The Labute approximate surface area is 193 Å². The van der Waals surface area contributed by atoms with Crippen LogP contribution in [0.3, 0.4) is 0 Å². The minimum Gasteiger partial charge on any atom is -0.495 e. The van der Waals surface area contributed by atoms with Gasteiger partial charge in [-0.1, -0.05) is 66.2 Å². The highest BCUT2D eigenvalue weighted by molar-refractivity contribution is 6.33. The summed E-state index contributed by atoms with van der Waals surface area (Å²) in [6.07, 6.45) is 0.755. The zero-order valence-corrected chi connectivity index (χ0v) is 19.1. The van der Waals surface area contributed by atoms with Gasteiger partial charge in [-0.05, 0) is 55.2 Å². The fraction of sp³-hybridized carbons (Fsp3) is 0.231. The van der Waals surface area contributed by atoms with Gasteiger partial charge in [-0.3, -0.25) is 4.79 Å². The number of hydrogen-bond acceptors (Lipinski definition) is 3. The molecule has 3 aromatic carbocycles. The molecule has 0 bridgehead atoms. The van der Waals surface area contributed by atoms with E-state index in [1.807, 2.05) is 36.4 Å². The molecule has 1 heterocycles. The molecule has 3 aromatic rings. The Kier molecular flexibility index (Phi) is 5.94. The number of carbonyl (C=O) groups excluding carboxylic acids is 2. The largest absolute Gasteiger partial charge is 0.495 e. The van der Waals surface area contributed by atoms with E-state index >= 15 is 0 Å². The van der Waals surface area contributed by atoms with Gasteiger partial charge >= 0.3 is 6.03 Å². The number of halogens is 1. The van der Waals surface area contributed by atoms with Crippen LogP contribution >= 0.6 is 11.6 Å². The minimum absolute atomic E-state index is 0.288. The molecule has 0 aliphatic carbocycles. The summed E-state index contributed by atoms with van der Waals surface area (Å²) in [5.74, 6) is 0.199. The maximum Gasteiger partial charge on any atom is 0.332 e. The number of anilines is 1. The molecule has 3 amide bonds. The summed E-state index contributed by atoms with van der Waals surface area (Å²) < 4.78 is 5.19. The summed E-state index contributed by atoms with van der Waals surface area (Å²) >= 11 is 6.25. The summed E-state index contributed by atoms with van der Waals surface area (Å²) in [4.78, 5) is 29.5. The van der Waals surface area contributed by atoms with Crippen LogP contribution in [0.4, 0.5) is 10.5 Å². The highest BCUT2D eigenvalue weighted by atomic mass is 35.5. The molecule has 1 aliphatic rings. The Morgan fingerprint density at radius 3 is 2.22 bits per heavy atom. The molecule has 0 aromatic heterocycles. The molecule has 4 rings (SSSR count). The predicted octanol–water partition coefficient (Wildman–Crippen LogP) is 5.69. The monoisotopic (exact) mass is 448 g/mol. The first-order valence-corrected chi connectivity index (χ1v) is 10.8. The maximum atomic E-state index is 13.4. The SMILES string of the molecule is COc1ccc(N2C(=O)N(Cc3ccccc3Cc3ccccc3)C(C)(C)C2=O)cc1Cl. The van der Waals surface area contributed by atoms with E-state index in [4.69, 9.17) is 16.3 Å². The predicted molar refractivity (Wildman–Crippen MR) is 126 cm³/mol. The summed E-state index contributed by atoms with van der Waals surface area (Å²) in [5.41, 5.74) is 2.76. The van der Waals surface area contributed by atoms with Crippen molar-refractivity contribution in [1.82, 2.24) is 4.90 Å². The van der Waals surface area contributed by atoms with Gasteiger partial charge in [0.25, 0.3) is 5.91 Å². The molecule has 1 saturated heterocycles. The van der Waals surface area contributed by atoms with Crippen molar-refractivity contribution in [2.75, 3.05) is 12.0 Å². The highest BCUT2D eigenvalue weighted by Crippen LogP contribution is 2.36. The van der Waals surface area contributed by atoms with E-state index in [1.165, 1.54) is 17.6 Å². The van der Waals surface area contributed by atoms with E-state index in [9.17, 15) is 9.59 Å². The van der Waals surface area contributed by atoms with E-state index in [2.05, 4.69) is 18.2 Å². The first-order valence-electron chi connectivity index (χ1n) is 10.4. The summed E-state index contributed by atoms with van der Waals surface area (Å²) in [6.45, 7) is 3.89. The Morgan fingerprint density at radius 2 is 1.56 bits per heavy atom. The van der Waals surface area contributed by atoms with Crippen molar-refractivity contribution < 1.29 is 14.3 Å². The lowest BCUT2D eigenvalue weighted by atomic mass is 9.97. The second-order valence-corrected chi connectivity index (χ2v) is 8.73. The Balaban J connectivity index is 1.64. The zero-order chi connectivity index (χ0) is 22.9. The van der Waals surface area contributed by atoms with E-state index in [1.54, 1.807) is 36.9 Å². The lowest BCUT2D eigenvalue weighted by Gasteiger charge is -2.28. The van der Waals surface area contributed by atoms with Crippen molar-refractivity contribution in [3.8, 4) is 5.75 Å². The third kappa shape index (κ3) is 3.96. The summed E-state index contributed by atoms with van der Waals surface area (Å²) in [7, 11) is 1.52. The van der Waals surface area contributed by atoms with Crippen molar-refractivity contribution in [2.45, 2.75) is 32.4 Å². The molecule has 164 valence electrons. The van der Waals surface area contributed by atoms with Crippen LogP contribution < -0.4 is 9.64 Å². The molecule has 1 aliphatic heterocycles. The molecule has 6 heteroatoms. The van der Waals surface area contributed by atoms with Crippen LogP contribution in [-0.4, -0.2) is 29.5 Å². The average molecular weight is 449 g/mol. The van der Waals surface area contributed by atoms with E-state index in [-0.39, 0.29) is 11.9 Å². The number of nitrogens with zero attached hydrogens (tertiary/aromatic N) is 2. The quantitative estimate of drug-likeness (QED) is 0.455. The lowest BCUT2D eigenvalue weighted by molar-refractivity contribution is -0.123. The smallest absolute Gasteiger partial charge is 0.332 e. The van der Waals surface area contributed by atoms with Crippen LogP contribution in [0, 0.1) is 0 Å². The topological polar surface area (TPSA) is 49.9 Å². The van der Waals surface area contributed by atoms with Gasteiger partial charge in [0.1, 0.15) is 11.3 Å². The van der Waals surface area contributed by atoms with Gasteiger partial charge in [0, 0.05) is 6.54 Å². The number of rotatable bonds is 6. The van der Waals surface area contributed by atoms with E-state index in [0.717, 1.165) is 17.5 Å². The molecule has 0 unspecified atom stereocenters. The zero-order valence-electron chi connectivity index (χ0n) is 18.3. The number of amides is 3. The van der Waals surface area contributed by atoms with Gasteiger partial charge in [0.2, 0.25) is 0 Å². The number of methoxy groups -OCH3 is 1. The molecule has 0 radical (unpaired) electrons. The normalized spacial score (nSPS) is 15.4. The lowest BCUT2D eigenvalue weighted by Crippen LogP contribution is -2.43. The molecule has 0 saturated carbocycles. The molecular weight excluding hydrogens is 424 g/mol. The fourth-order valence-electron chi connectivity index (χ4n) is 3.99. The second-order valence-electron chi connectivity index (χ2n) is 8.32. The van der Waals surface area contributed by atoms with Crippen LogP contribution in [0.1, 0.15) is 30.5 Å². The van der Waals surface area contributed by atoms with Gasteiger partial charge in [-0.2, -0.15) is 0 Å². The minimum atomic E-state index is -0.997. The second kappa shape index (κ2) is 8.67. The first-order chi connectivity index (χ1) is 15.3. The molecule has 0 atom stereocenters. The van der Waals surface area contributed by atoms with Gasteiger partial charge in [0.15, 0.2) is 0 Å². The molecule has 1 fully saturated rings. The first kappa shape index (κ1) is 21.9. The molecular formula is C26H25ClN2O3. The third-order valence-electron chi connectivity index (χ3n) is 5.90. The van der Waals surface area contributed by atoms with Gasteiger partial charge in [-0.25, -0.2) is 9.69 Å². The maximum absolute atomic E-state index is 13.4. The van der Waals surface area contributed by atoms with Crippen molar-refractivity contribution in [3.63, 3.8) is 0 Å². The summed E-state index contributed by atoms with van der Waals surface area (Å²) in [6, 6.07) is 22.8. The van der Waals surface area contributed by atoms with Crippen LogP contribution in [-0.2, 0) is 17.8 Å². The van der Waals surface area contributed by atoms with Gasteiger partial charge in [-0.15, -0.1) is 0 Å². The van der Waals surface area contributed by atoms with Crippen LogP contribution in [0.15, 0.2) is 72.8 Å². The Morgan fingerprint density at radius 1 is 0.906 bits per heavy atom. The van der Waals surface area contributed by atoms with Crippen LogP contribution in [0.25, 0.3) is 0 Å². The van der Waals surface area contributed by atoms with E-state index < -0.39 is 5.54 Å². The van der Waals surface area contributed by atoms with E-state index in [0.29, 0.717) is 23.0 Å². The van der Waals surface area contributed by atoms with Crippen molar-refractivity contribution >= 4 is 29.2 Å². The fourth-order valence-corrected chi connectivity index (χ4v) is 4.25. The van der Waals surface area contributed by atoms with Crippen LogP contribution in [0.5, 0.6) is 5.75 Å². The number of ether oxygens (including phenoxy) is 1. The third-order valence-corrected chi connectivity index (χ3v) is 6.20. The van der Waals surface area contributed by atoms with Gasteiger partial charge < -0.3 is 9.64 Å². The number of imide groups is 1. The van der Waals surface area contributed by atoms with Crippen LogP contribution in [0.2, 0.25) is 5.02 Å². The highest BCUT2D eigenvalue weighted by Gasteiger charge is 2.51. The molecule has 0 N–H and O–H groups in total. The number of carbonyl (C=O) groups is 2. The number of benzene rings is 3. The molecule has 0 spiro atoms. The molecule has 5 nitrogen and oxygen atoms in total. The Hall–Kier alpha value is -3.31. The number of hydrogen-bond donors (Lipinski definition) is 0. The number of urea groups is 1. The molecule has 32 heavy (non-hydrogen) atoms. The Bertz CT molecular complexity index is 1160. The van der Waals surface area contributed by atoms with Gasteiger partial charge in [0.05, 0.1) is 17.8 Å². The summed E-state index contributed by atoms with van der Waals surface area (Å²) in [5, 5.41) is 0.343. The standard InChI is InChI=1S/C26H25ClN2O3/c1-26(2)24(30)29(21-13-14-23(32-3)22(27)16-21)25(31)28(26)17-20-12-8-7-11-19(20)15-18-9-5-4-6-10-18/h4-14,16H,15,17H2,1-3H3. The van der Waals surface area contributed by atoms with Crippen molar-refractivity contribution in [2.24, 2.45) is 0 Å². The van der Waals surface area contributed by atoms with Crippen molar-refractivity contribution in [3.05, 3.63) is 94.5 Å².